The summed E-state index contributed by atoms with van der Waals surface area (Å²) in [5, 5.41) is 0.662. The Kier molecular flexibility index (Phi) is 4.50. The quantitative estimate of drug-likeness (QED) is 0.819. The lowest BCUT2D eigenvalue weighted by molar-refractivity contribution is 0.396. The molecule has 0 saturated carbocycles. The number of sulfonamides is 1. The van der Waals surface area contributed by atoms with Gasteiger partial charge in [-0.3, -0.25) is 0 Å². The first-order chi connectivity index (χ1) is 10.9. The summed E-state index contributed by atoms with van der Waals surface area (Å²) in [5.74, 6) is 0. The molecule has 5 heteroatoms. The van der Waals surface area contributed by atoms with Crippen LogP contribution in [0, 0.1) is 13.8 Å². The van der Waals surface area contributed by atoms with Crippen LogP contribution in [-0.4, -0.2) is 19.3 Å². The molecule has 3 rings (SSSR count). The van der Waals surface area contributed by atoms with Crippen molar-refractivity contribution in [2.45, 2.75) is 37.6 Å². The van der Waals surface area contributed by atoms with Crippen LogP contribution in [0.1, 0.15) is 35.6 Å². The van der Waals surface area contributed by atoms with Gasteiger partial charge in [-0.15, -0.1) is 0 Å². The Labute approximate surface area is 142 Å². The van der Waals surface area contributed by atoms with E-state index >= 15 is 0 Å². The van der Waals surface area contributed by atoms with Crippen molar-refractivity contribution < 1.29 is 8.42 Å². The predicted molar refractivity (Wildman–Crippen MR) is 93.2 cm³/mol. The number of rotatable bonds is 3. The van der Waals surface area contributed by atoms with Crippen LogP contribution < -0.4 is 0 Å². The molecular weight excluding hydrogens is 330 g/mol. The average Bonchev–Trinajstić information content (AvgIpc) is 3.01. The van der Waals surface area contributed by atoms with Crippen molar-refractivity contribution in [3.05, 3.63) is 64.2 Å². The van der Waals surface area contributed by atoms with Gasteiger partial charge in [0.15, 0.2) is 0 Å². The molecule has 1 saturated heterocycles. The van der Waals surface area contributed by atoms with Crippen molar-refractivity contribution in [2.24, 2.45) is 0 Å². The van der Waals surface area contributed by atoms with Crippen LogP contribution in [0.2, 0.25) is 5.02 Å². The summed E-state index contributed by atoms with van der Waals surface area (Å²) < 4.78 is 27.7. The van der Waals surface area contributed by atoms with Crippen molar-refractivity contribution >= 4 is 21.6 Å². The molecule has 122 valence electrons. The first kappa shape index (κ1) is 16.5. The minimum absolute atomic E-state index is 0.112. The molecule has 0 radical (unpaired) electrons. The highest BCUT2D eigenvalue weighted by molar-refractivity contribution is 7.89. The number of nitrogens with zero attached hydrogens (tertiary/aromatic N) is 1. The smallest absolute Gasteiger partial charge is 0.207 e. The maximum absolute atomic E-state index is 13.0. The topological polar surface area (TPSA) is 37.4 Å². The molecule has 0 bridgehead atoms. The number of hydrogen-bond donors (Lipinski definition) is 0. The summed E-state index contributed by atoms with van der Waals surface area (Å²) in [6.45, 7) is 4.48. The third kappa shape index (κ3) is 3.16. The summed E-state index contributed by atoms with van der Waals surface area (Å²) in [4.78, 5) is 0.376. The second kappa shape index (κ2) is 6.27. The van der Waals surface area contributed by atoms with Crippen molar-refractivity contribution in [1.29, 1.82) is 0 Å². The normalized spacial score (nSPS) is 19.2. The maximum atomic E-state index is 13.0. The van der Waals surface area contributed by atoms with Gasteiger partial charge in [0.1, 0.15) is 0 Å². The summed E-state index contributed by atoms with van der Waals surface area (Å²) in [6, 6.07) is 12.7. The lowest BCUT2D eigenvalue weighted by atomic mass is 10.1. The van der Waals surface area contributed by atoms with Gasteiger partial charge < -0.3 is 0 Å². The lowest BCUT2D eigenvalue weighted by Crippen LogP contribution is -2.30. The highest BCUT2D eigenvalue weighted by atomic mass is 35.5. The van der Waals surface area contributed by atoms with Crippen LogP contribution in [0.25, 0.3) is 0 Å². The summed E-state index contributed by atoms with van der Waals surface area (Å²) in [5.41, 5.74) is 3.09. The largest absolute Gasteiger partial charge is 0.243 e. The van der Waals surface area contributed by atoms with Crippen molar-refractivity contribution in [3.63, 3.8) is 0 Å². The highest BCUT2D eigenvalue weighted by Crippen LogP contribution is 2.37. The molecule has 0 N–H and O–H groups in total. The minimum Gasteiger partial charge on any atom is -0.207 e. The van der Waals surface area contributed by atoms with Crippen LogP contribution in [-0.2, 0) is 10.0 Å². The van der Waals surface area contributed by atoms with Crippen molar-refractivity contribution in [3.8, 4) is 0 Å². The van der Waals surface area contributed by atoms with Gasteiger partial charge in [0.05, 0.1) is 10.9 Å². The zero-order valence-electron chi connectivity index (χ0n) is 13.3. The maximum Gasteiger partial charge on any atom is 0.243 e. The molecule has 23 heavy (non-hydrogen) atoms. The van der Waals surface area contributed by atoms with Gasteiger partial charge >= 0.3 is 0 Å². The Morgan fingerprint density at radius 2 is 1.74 bits per heavy atom. The van der Waals surface area contributed by atoms with Crippen LogP contribution in [0.3, 0.4) is 0 Å². The molecule has 0 aliphatic carbocycles. The molecule has 1 atom stereocenters. The third-order valence-corrected chi connectivity index (χ3v) is 6.70. The van der Waals surface area contributed by atoms with E-state index in [4.69, 9.17) is 11.6 Å². The highest BCUT2D eigenvalue weighted by Gasteiger charge is 2.36. The van der Waals surface area contributed by atoms with Gasteiger partial charge in [-0.2, -0.15) is 4.31 Å². The van der Waals surface area contributed by atoms with E-state index in [1.54, 1.807) is 16.4 Å². The summed E-state index contributed by atoms with van der Waals surface area (Å²) in [6.07, 6.45) is 1.71. The summed E-state index contributed by atoms with van der Waals surface area (Å²) >= 11 is 5.94. The van der Waals surface area contributed by atoms with E-state index < -0.39 is 10.0 Å². The minimum atomic E-state index is -3.49. The van der Waals surface area contributed by atoms with E-state index in [9.17, 15) is 8.42 Å². The lowest BCUT2D eigenvalue weighted by Gasteiger charge is -2.25. The average molecular weight is 350 g/mol. The fourth-order valence-electron chi connectivity index (χ4n) is 3.06. The molecule has 0 spiro atoms. The second-order valence-corrected chi connectivity index (χ2v) is 8.40. The fourth-order valence-corrected chi connectivity index (χ4v) is 4.95. The first-order valence-corrected chi connectivity index (χ1v) is 9.56. The van der Waals surface area contributed by atoms with E-state index in [0.717, 1.165) is 29.5 Å². The molecule has 2 aromatic carbocycles. The Morgan fingerprint density at radius 1 is 1.04 bits per heavy atom. The van der Waals surface area contributed by atoms with Gasteiger partial charge in [-0.1, -0.05) is 29.8 Å². The molecule has 3 nitrogen and oxygen atoms in total. The molecular formula is C18H20ClNO2S. The van der Waals surface area contributed by atoms with E-state index in [-0.39, 0.29) is 6.04 Å². The summed E-state index contributed by atoms with van der Waals surface area (Å²) in [7, 11) is -3.49. The Morgan fingerprint density at radius 3 is 2.39 bits per heavy atom. The van der Waals surface area contributed by atoms with Gasteiger partial charge in [0.2, 0.25) is 10.0 Å². The van der Waals surface area contributed by atoms with Crippen molar-refractivity contribution in [1.82, 2.24) is 4.31 Å². The second-order valence-electron chi connectivity index (χ2n) is 6.07. The first-order valence-electron chi connectivity index (χ1n) is 7.74. The van der Waals surface area contributed by atoms with E-state index in [0.29, 0.717) is 16.5 Å². The fraction of sp³-hybridized carbons (Fsp3) is 0.333. The van der Waals surface area contributed by atoms with Gasteiger partial charge in [-0.05, 0) is 67.6 Å². The number of halogens is 1. The predicted octanol–water partition coefficient (Wildman–Crippen LogP) is 4.48. The Hall–Kier alpha value is -1.36. The van der Waals surface area contributed by atoms with E-state index in [2.05, 4.69) is 0 Å². The molecule has 1 fully saturated rings. The van der Waals surface area contributed by atoms with Gasteiger partial charge in [0, 0.05) is 11.6 Å². The van der Waals surface area contributed by atoms with E-state index in [1.807, 2.05) is 44.2 Å². The molecule has 1 heterocycles. The molecule has 0 unspecified atom stereocenters. The monoisotopic (exact) mass is 349 g/mol. The standard InChI is InChI=1S/C18H20ClNO2S/c1-13-5-10-17(12-14(13)2)23(21,22)20-11-3-4-18(20)15-6-8-16(19)9-7-15/h5-10,12,18H,3-4,11H2,1-2H3/t18-/m1/s1. The van der Waals surface area contributed by atoms with Crippen LogP contribution in [0.5, 0.6) is 0 Å². The SMILES string of the molecule is Cc1ccc(S(=O)(=O)N2CCC[C@@H]2c2ccc(Cl)cc2)cc1C. The molecule has 1 aliphatic rings. The van der Waals surface area contributed by atoms with Crippen molar-refractivity contribution in [2.75, 3.05) is 6.54 Å². The third-order valence-electron chi connectivity index (χ3n) is 4.54. The Bertz CT molecular complexity index is 815. The van der Waals surface area contributed by atoms with Gasteiger partial charge in [0.25, 0.3) is 0 Å². The number of aryl methyl sites for hydroxylation is 2. The van der Waals surface area contributed by atoms with Crippen LogP contribution in [0.15, 0.2) is 47.4 Å². The zero-order chi connectivity index (χ0) is 16.6. The number of benzene rings is 2. The molecule has 0 amide bonds. The Balaban J connectivity index is 1.97. The van der Waals surface area contributed by atoms with E-state index in [1.165, 1.54) is 0 Å². The zero-order valence-corrected chi connectivity index (χ0v) is 14.9. The van der Waals surface area contributed by atoms with Crippen LogP contribution in [0.4, 0.5) is 0 Å². The molecule has 1 aliphatic heterocycles. The molecule has 0 aromatic heterocycles. The molecule has 2 aromatic rings. The van der Waals surface area contributed by atoms with Gasteiger partial charge in [-0.25, -0.2) is 8.42 Å². The van der Waals surface area contributed by atoms with Crippen LogP contribution >= 0.6 is 11.6 Å². The number of hydrogen-bond acceptors (Lipinski definition) is 2.